The molecule has 1 fully saturated rings. The minimum Gasteiger partial charge on any atom is -0.439 e. The maximum absolute atomic E-state index is 6.13. The van der Waals surface area contributed by atoms with E-state index in [1.54, 1.807) is 12.1 Å². The molecule has 18 heavy (non-hydrogen) atoms. The number of hydrogen-bond donors (Lipinski definition) is 1. The molecule has 3 nitrogen and oxygen atoms in total. The van der Waals surface area contributed by atoms with E-state index >= 15 is 0 Å². The Morgan fingerprint density at radius 2 is 2.00 bits per heavy atom. The van der Waals surface area contributed by atoms with E-state index in [0.29, 0.717) is 15.6 Å². The van der Waals surface area contributed by atoms with Gasteiger partial charge >= 0.3 is 0 Å². The normalized spacial score (nSPS) is 19.3. The standard InChI is InChI=1S/C13H14Cl2N2O/c1-13(2-4-16-5-3-13)12-17-10-7-8(14)6-9(15)11(10)18-12/h6-7,16H,2-5H2,1H3. The molecular weight excluding hydrogens is 271 g/mol. The Balaban J connectivity index is 2.10. The summed E-state index contributed by atoms with van der Waals surface area (Å²) in [5.41, 5.74) is 1.36. The molecule has 2 heterocycles. The molecular formula is C13H14Cl2N2O. The third kappa shape index (κ3) is 2.00. The zero-order valence-electron chi connectivity index (χ0n) is 10.1. The molecule has 1 aliphatic heterocycles. The van der Waals surface area contributed by atoms with Crippen molar-refractivity contribution in [2.75, 3.05) is 13.1 Å². The second kappa shape index (κ2) is 4.41. The Hall–Kier alpha value is -0.770. The first-order chi connectivity index (χ1) is 8.58. The van der Waals surface area contributed by atoms with Crippen LogP contribution in [0.2, 0.25) is 10.0 Å². The molecule has 0 radical (unpaired) electrons. The Kier molecular flexibility index (Phi) is 3.00. The molecule has 0 saturated carbocycles. The van der Waals surface area contributed by atoms with Crippen molar-refractivity contribution in [2.24, 2.45) is 0 Å². The van der Waals surface area contributed by atoms with Gasteiger partial charge in [-0.1, -0.05) is 30.1 Å². The van der Waals surface area contributed by atoms with E-state index in [2.05, 4.69) is 17.2 Å². The van der Waals surface area contributed by atoms with Crippen molar-refractivity contribution in [3.8, 4) is 0 Å². The van der Waals surface area contributed by atoms with E-state index in [9.17, 15) is 0 Å². The lowest BCUT2D eigenvalue weighted by atomic mass is 9.81. The molecule has 5 heteroatoms. The average Bonchev–Trinajstić information content (AvgIpc) is 2.74. The van der Waals surface area contributed by atoms with Gasteiger partial charge in [-0.15, -0.1) is 0 Å². The number of nitrogens with one attached hydrogen (secondary N) is 1. The van der Waals surface area contributed by atoms with Crippen molar-refractivity contribution < 1.29 is 4.42 Å². The first-order valence-corrected chi connectivity index (χ1v) is 6.81. The summed E-state index contributed by atoms with van der Waals surface area (Å²) in [6.45, 7) is 4.17. The molecule has 2 aromatic rings. The number of aromatic nitrogens is 1. The number of nitrogens with zero attached hydrogens (tertiary/aromatic N) is 1. The summed E-state index contributed by atoms with van der Waals surface area (Å²) >= 11 is 12.1. The summed E-state index contributed by atoms with van der Waals surface area (Å²) in [5.74, 6) is 0.767. The van der Waals surface area contributed by atoms with Crippen molar-refractivity contribution in [1.82, 2.24) is 10.3 Å². The lowest BCUT2D eigenvalue weighted by molar-refractivity contribution is 0.275. The molecule has 1 aliphatic rings. The molecule has 0 amide bonds. The lowest BCUT2D eigenvalue weighted by Gasteiger charge is -2.30. The molecule has 1 aromatic heterocycles. The highest BCUT2D eigenvalue weighted by molar-refractivity contribution is 6.37. The fourth-order valence-electron chi connectivity index (χ4n) is 2.41. The summed E-state index contributed by atoms with van der Waals surface area (Å²) in [4.78, 5) is 4.57. The number of halogens is 2. The smallest absolute Gasteiger partial charge is 0.201 e. The predicted octanol–water partition coefficient (Wildman–Crippen LogP) is 3.78. The number of rotatable bonds is 1. The van der Waals surface area contributed by atoms with Gasteiger partial charge < -0.3 is 9.73 Å². The molecule has 1 aromatic carbocycles. The Morgan fingerprint density at radius 3 is 2.72 bits per heavy atom. The maximum Gasteiger partial charge on any atom is 0.201 e. The van der Waals surface area contributed by atoms with Crippen molar-refractivity contribution in [2.45, 2.75) is 25.2 Å². The van der Waals surface area contributed by atoms with Gasteiger partial charge in [-0.2, -0.15) is 0 Å². The van der Waals surface area contributed by atoms with Gasteiger partial charge in [0.15, 0.2) is 5.58 Å². The van der Waals surface area contributed by atoms with Crippen LogP contribution in [0.5, 0.6) is 0 Å². The Labute approximate surface area is 115 Å². The number of piperidine rings is 1. The molecule has 0 spiro atoms. The van der Waals surface area contributed by atoms with Crippen LogP contribution in [-0.4, -0.2) is 18.1 Å². The van der Waals surface area contributed by atoms with E-state index in [-0.39, 0.29) is 5.41 Å². The second-order valence-electron chi connectivity index (χ2n) is 5.07. The van der Waals surface area contributed by atoms with Crippen molar-refractivity contribution >= 4 is 34.3 Å². The second-order valence-corrected chi connectivity index (χ2v) is 5.91. The van der Waals surface area contributed by atoms with Crippen LogP contribution in [0.3, 0.4) is 0 Å². The predicted molar refractivity (Wildman–Crippen MR) is 73.5 cm³/mol. The van der Waals surface area contributed by atoms with E-state index in [1.807, 2.05) is 0 Å². The van der Waals surface area contributed by atoms with Crippen molar-refractivity contribution in [3.63, 3.8) is 0 Å². The third-order valence-electron chi connectivity index (χ3n) is 3.63. The lowest BCUT2D eigenvalue weighted by Crippen LogP contribution is -2.37. The number of benzene rings is 1. The van der Waals surface area contributed by atoms with Gasteiger partial charge in [0.05, 0.1) is 5.02 Å². The van der Waals surface area contributed by atoms with Crippen molar-refractivity contribution in [1.29, 1.82) is 0 Å². The zero-order chi connectivity index (χ0) is 12.8. The van der Waals surface area contributed by atoms with Crippen LogP contribution in [0.1, 0.15) is 25.7 Å². The van der Waals surface area contributed by atoms with Crippen LogP contribution in [0, 0.1) is 0 Å². The summed E-state index contributed by atoms with van der Waals surface area (Å²) in [7, 11) is 0. The highest BCUT2D eigenvalue weighted by Crippen LogP contribution is 2.36. The molecule has 1 saturated heterocycles. The Bertz CT molecular complexity index is 588. The number of fused-ring (bicyclic) bond motifs is 1. The Morgan fingerprint density at radius 1 is 1.28 bits per heavy atom. The van der Waals surface area contributed by atoms with Crippen LogP contribution < -0.4 is 5.32 Å². The van der Waals surface area contributed by atoms with Crippen LogP contribution in [0.15, 0.2) is 16.5 Å². The third-order valence-corrected chi connectivity index (χ3v) is 4.13. The highest BCUT2D eigenvalue weighted by atomic mass is 35.5. The average molecular weight is 285 g/mol. The van der Waals surface area contributed by atoms with Gasteiger partial charge in [-0.3, -0.25) is 0 Å². The number of hydrogen-bond acceptors (Lipinski definition) is 3. The van der Waals surface area contributed by atoms with Crippen LogP contribution in [-0.2, 0) is 5.41 Å². The summed E-state index contributed by atoms with van der Waals surface area (Å²) in [6, 6.07) is 3.48. The molecule has 1 N–H and O–H groups in total. The van der Waals surface area contributed by atoms with E-state index in [4.69, 9.17) is 27.6 Å². The van der Waals surface area contributed by atoms with Gasteiger partial charge in [0.2, 0.25) is 5.89 Å². The molecule has 3 rings (SSSR count). The first-order valence-electron chi connectivity index (χ1n) is 6.05. The first kappa shape index (κ1) is 12.3. The molecule has 0 unspecified atom stereocenters. The van der Waals surface area contributed by atoms with Crippen LogP contribution in [0.25, 0.3) is 11.1 Å². The number of oxazole rings is 1. The van der Waals surface area contributed by atoms with Gasteiger partial charge in [0, 0.05) is 10.4 Å². The zero-order valence-corrected chi connectivity index (χ0v) is 11.6. The van der Waals surface area contributed by atoms with Gasteiger partial charge in [-0.25, -0.2) is 4.98 Å². The van der Waals surface area contributed by atoms with Gasteiger partial charge in [0.1, 0.15) is 5.52 Å². The van der Waals surface area contributed by atoms with Gasteiger partial charge in [0.25, 0.3) is 0 Å². The fourth-order valence-corrected chi connectivity index (χ4v) is 2.93. The van der Waals surface area contributed by atoms with Gasteiger partial charge in [-0.05, 0) is 38.1 Å². The molecule has 96 valence electrons. The van der Waals surface area contributed by atoms with Crippen molar-refractivity contribution in [3.05, 3.63) is 28.1 Å². The quantitative estimate of drug-likeness (QED) is 0.866. The minimum atomic E-state index is -0.0138. The fraction of sp³-hybridized carbons (Fsp3) is 0.462. The van der Waals surface area contributed by atoms with E-state index in [0.717, 1.165) is 37.3 Å². The topological polar surface area (TPSA) is 38.1 Å². The monoisotopic (exact) mass is 284 g/mol. The largest absolute Gasteiger partial charge is 0.439 e. The summed E-state index contributed by atoms with van der Waals surface area (Å²) in [6.07, 6.45) is 2.04. The van der Waals surface area contributed by atoms with E-state index < -0.39 is 0 Å². The maximum atomic E-state index is 6.13. The summed E-state index contributed by atoms with van der Waals surface area (Å²) in [5, 5.41) is 4.46. The molecule has 0 aliphatic carbocycles. The highest BCUT2D eigenvalue weighted by Gasteiger charge is 2.34. The van der Waals surface area contributed by atoms with E-state index in [1.165, 1.54) is 0 Å². The molecule has 0 atom stereocenters. The van der Waals surface area contributed by atoms with Crippen LogP contribution >= 0.6 is 23.2 Å². The summed E-state index contributed by atoms with van der Waals surface area (Å²) < 4.78 is 5.87. The molecule has 0 bridgehead atoms. The minimum absolute atomic E-state index is 0.0138. The SMILES string of the molecule is CC1(c2nc3cc(Cl)cc(Cl)c3o2)CCNCC1. The van der Waals surface area contributed by atoms with Crippen LogP contribution in [0.4, 0.5) is 0 Å².